The summed E-state index contributed by atoms with van der Waals surface area (Å²) in [7, 11) is 0. The fourth-order valence-corrected chi connectivity index (χ4v) is 11.5. The van der Waals surface area contributed by atoms with Crippen LogP contribution in [0, 0.1) is 0 Å². The number of nitrogens with one attached hydrogen (secondary N) is 1. The van der Waals surface area contributed by atoms with Gasteiger partial charge in [-0.25, -0.2) is 0 Å². The predicted molar refractivity (Wildman–Crippen MR) is 352 cm³/mol. The minimum atomic E-state index is -1.57. The van der Waals surface area contributed by atoms with E-state index in [4.69, 9.17) is 14.2 Å². The van der Waals surface area contributed by atoms with Crippen molar-refractivity contribution in [2.24, 2.45) is 0 Å². The molecule has 1 heterocycles. The Morgan fingerprint density at radius 1 is 0.440 bits per heavy atom. The molecule has 0 aliphatic carbocycles. The van der Waals surface area contributed by atoms with E-state index in [0.29, 0.717) is 19.4 Å². The van der Waals surface area contributed by atoms with Crippen LogP contribution < -0.4 is 5.32 Å². The van der Waals surface area contributed by atoms with Crippen LogP contribution in [0.25, 0.3) is 0 Å². The van der Waals surface area contributed by atoms with Crippen LogP contribution in [-0.4, -0.2) is 100 Å². The van der Waals surface area contributed by atoms with Crippen molar-refractivity contribution in [1.29, 1.82) is 0 Å². The number of ether oxygens (including phenoxy) is 3. The van der Waals surface area contributed by atoms with E-state index >= 15 is 0 Å². The highest BCUT2D eigenvalue weighted by Gasteiger charge is 2.44. The fourth-order valence-electron chi connectivity index (χ4n) is 11.5. The van der Waals surface area contributed by atoms with Crippen molar-refractivity contribution in [3.05, 3.63) is 36.5 Å². The zero-order valence-corrected chi connectivity index (χ0v) is 54.9. The number of aliphatic hydroxyl groups is 5. The number of esters is 1. The van der Waals surface area contributed by atoms with Gasteiger partial charge in [-0.3, -0.25) is 9.59 Å². The standard InChI is InChI=1S/C73H137NO10/c1-3-5-7-9-11-13-15-37-41-45-49-53-57-61-69(78)82-62-58-54-50-46-42-39-36-34-32-30-28-26-24-22-20-18-16-17-19-21-23-25-27-29-31-33-35-38-40-44-48-52-56-60-68(77)74-65(64-83-73-72(81)71(80)70(79)67(63-75)84-73)66(76)59-55-51-47-43-14-12-10-8-6-4-2/h20,22,26,28,55,59,65-67,70-73,75-76,79-81H,3-19,21,23-25,27,29-54,56-58,60-64H2,1-2H3,(H,74,77)/b22-20-,28-26-,59-55+. The molecule has 1 rings (SSSR count). The van der Waals surface area contributed by atoms with Gasteiger partial charge in [0, 0.05) is 12.8 Å². The van der Waals surface area contributed by atoms with Gasteiger partial charge in [0.2, 0.25) is 5.91 Å². The molecule has 7 unspecified atom stereocenters. The first kappa shape index (κ1) is 79.9. The van der Waals surface area contributed by atoms with Crippen molar-refractivity contribution in [1.82, 2.24) is 5.32 Å². The largest absolute Gasteiger partial charge is 0.466 e. The summed E-state index contributed by atoms with van der Waals surface area (Å²) in [6.45, 7) is 4.36. The van der Waals surface area contributed by atoms with E-state index in [1.165, 1.54) is 270 Å². The number of carbonyl (C=O) groups excluding carboxylic acids is 2. The molecule has 0 aromatic rings. The molecule has 7 atom stereocenters. The van der Waals surface area contributed by atoms with Gasteiger partial charge in [0.15, 0.2) is 6.29 Å². The number of rotatable bonds is 64. The Labute approximate surface area is 517 Å². The fraction of sp³-hybridized carbons (Fsp3) is 0.890. The summed E-state index contributed by atoms with van der Waals surface area (Å²) < 4.78 is 16.7. The van der Waals surface area contributed by atoms with Crippen molar-refractivity contribution in [3.63, 3.8) is 0 Å². The van der Waals surface area contributed by atoms with Gasteiger partial charge in [0.1, 0.15) is 24.4 Å². The van der Waals surface area contributed by atoms with Gasteiger partial charge >= 0.3 is 5.97 Å². The molecule has 1 fully saturated rings. The summed E-state index contributed by atoms with van der Waals surface area (Å²) in [4.78, 5) is 25.1. The van der Waals surface area contributed by atoms with Crippen molar-refractivity contribution in [2.75, 3.05) is 19.8 Å². The molecule has 1 aliphatic heterocycles. The second-order valence-corrected chi connectivity index (χ2v) is 25.3. The minimum Gasteiger partial charge on any atom is -0.466 e. The molecule has 84 heavy (non-hydrogen) atoms. The van der Waals surface area contributed by atoms with Gasteiger partial charge in [-0.15, -0.1) is 0 Å². The summed E-state index contributed by atoms with van der Waals surface area (Å²) in [5.74, 6) is -0.171. The zero-order chi connectivity index (χ0) is 60.9. The Hall–Kier alpha value is -2.12. The highest BCUT2D eigenvalue weighted by Crippen LogP contribution is 2.23. The minimum absolute atomic E-state index is 0.00875. The van der Waals surface area contributed by atoms with Crippen LogP contribution in [0.3, 0.4) is 0 Å². The summed E-state index contributed by atoms with van der Waals surface area (Å²) in [6, 6.07) is -0.807. The average Bonchev–Trinajstić information content (AvgIpc) is 3.52. The lowest BCUT2D eigenvalue weighted by molar-refractivity contribution is -0.302. The van der Waals surface area contributed by atoms with Crippen LogP contribution in [-0.2, 0) is 23.8 Å². The van der Waals surface area contributed by atoms with E-state index in [1.54, 1.807) is 6.08 Å². The van der Waals surface area contributed by atoms with Gasteiger partial charge in [-0.05, 0) is 64.2 Å². The number of amides is 1. The molecular formula is C73H137NO10. The number of carbonyl (C=O) groups is 2. The Kier molecular flexibility index (Phi) is 59.4. The van der Waals surface area contributed by atoms with E-state index in [-0.39, 0.29) is 18.5 Å². The lowest BCUT2D eigenvalue weighted by atomic mass is 9.99. The van der Waals surface area contributed by atoms with Crippen LogP contribution in [0.4, 0.5) is 0 Å². The first-order valence-electron chi connectivity index (χ1n) is 36.3. The number of allylic oxidation sites excluding steroid dienone is 5. The van der Waals surface area contributed by atoms with Gasteiger partial charge < -0.3 is 45.1 Å². The molecule has 1 amide bonds. The third kappa shape index (κ3) is 50.8. The van der Waals surface area contributed by atoms with Crippen LogP contribution in [0.5, 0.6) is 0 Å². The predicted octanol–water partition coefficient (Wildman–Crippen LogP) is 18.6. The summed E-state index contributed by atoms with van der Waals surface area (Å²) >= 11 is 0. The molecular weight excluding hydrogens is 1050 g/mol. The lowest BCUT2D eigenvalue weighted by Crippen LogP contribution is -2.60. The number of unbranched alkanes of at least 4 members (excludes halogenated alkanes) is 46. The normalized spacial score (nSPS) is 18.2. The number of hydrogen-bond acceptors (Lipinski definition) is 10. The number of hydrogen-bond donors (Lipinski definition) is 6. The first-order valence-corrected chi connectivity index (χ1v) is 36.3. The van der Waals surface area contributed by atoms with E-state index in [1.807, 2.05) is 6.08 Å². The molecule has 11 heteroatoms. The van der Waals surface area contributed by atoms with Crippen LogP contribution in [0.15, 0.2) is 36.5 Å². The average molecular weight is 1190 g/mol. The van der Waals surface area contributed by atoms with Crippen LogP contribution >= 0.6 is 0 Å². The highest BCUT2D eigenvalue weighted by molar-refractivity contribution is 5.76. The smallest absolute Gasteiger partial charge is 0.305 e. The summed E-state index contributed by atoms with van der Waals surface area (Å²) in [6.07, 6.45) is 70.1. The summed E-state index contributed by atoms with van der Waals surface area (Å²) in [5, 5.41) is 54.4. The van der Waals surface area contributed by atoms with E-state index in [0.717, 1.165) is 57.8 Å². The van der Waals surface area contributed by atoms with Gasteiger partial charge in [0.05, 0.1) is 32.0 Å². The van der Waals surface area contributed by atoms with Gasteiger partial charge in [0.25, 0.3) is 0 Å². The van der Waals surface area contributed by atoms with Crippen LogP contribution in [0.1, 0.15) is 354 Å². The molecule has 11 nitrogen and oxygen atoms in total. The topological polar surface area (TPSA) is 175 Å². The Balaban J connectivity index is 1.92. The lowest BCUT2D eigenvalue weighted by Gasteiger charge is -2.40. The third-order valence-electron chi connectivity index (χ3n) is 17.2. The van der Waals surface area contributed by atoms with E-state index in [9.17, 15) is 35.1 Å². The Morgan fingerprint density at radius 2 is 0.798 bits per heavy atom. The van der Waals surface area contributed by atoms with Gasteiger partial charge in [-0.2, -0.15) is 0 Å². The molecule has 0 saturated carbocycles. The zero-order valence-electron chi connectivity index (χ0n) is 54.9. The Morgan fingerprint density at radius 3 is 1.20 bits per heavy atom. The summed E-state index contributed by atoms with van der Waals surface area (Å²) in [5.41, 5.74) is 0. The molecule has 1 aliphatic rings. The SMILES string of the molecule is CCCCCCCCCC/C=C/C(O)C(COC1OC(CO)C(O)C(O)C1O)NC(=O)CCCCCCCCCCCCCCCCCCC/C=C\C/C=C\CCCCCCCCCCCOC(=O)CCCCCCCCCCCCCCC. The van der Waals surface area contributed by atoms with Crippen LogP contribution in [0.2, 0.25) is 0 Å². The Bertz CT molecular complexity index is 1490. The van der Waals surface area contributed by atoms with E-state index in [2.05, 4.69) is 43.5 Å². The maximum Gasteiger partial charge on any atom is 0.305 e. The quantitative estimate of drug-likeness (QED) is 0.0195. The molecule has 0 spiro atoms. The third-order valence-corrected chi connectivity index (χ3v) is 17.2. The maximum absolute atomic E-state index is 13.0. The molecule has 0 aromatic carbocycles. The molecule has 0 radical (unpaired) electrons. The van der Waals surface area contributed by atoms with E-state index < -0.39 is 49.5 Å². The van der Waals surface area contributed by atoms with Crippen molar-refractivity contribution in [3.8, 4) is 0 Å². The molecule has 6 N–H and O–H groups in total. The van der Waals surface area contributed by atoms with Gasteiger partial charge in [-0.1, -0.05) is 314 Å². The van der Waals surface area contributed by atoms with Crippen molar-refractivity contribution >= 4 is 11.9 Å². The molecule has 494 valence electrons. The van der Waals surface area contributed by atoms with Crippen molar-refractivity contribution in [2.45, 2.75) is 397 Å². The molecule has 0 bridgehead atoms. The second kappa shape index (κ2) is 62.5. The molecule has 1 saturated heterocycles. The maximum atomic E-state index is 13.0. The monoisotopic (exact) mass is 1190 g/mol. The van der Waals surface area contributed by atoms with Crippen molar-refractivity contribution < 1.29 is 49.3 Å². The number of aliphatic hydroxyl groups excluding tert-OH is 5. The highest BCUT2D eigenvalue weighted by atomic mass is 16.7. The first-order chi connectivity index (χ1) is 41.2. The molecule has 0 aromatic heterocycles. The second-order valence-electron chi connectivity index (χ2n) is 25.3.